The minimum Gasteiger partial charge on any atom is -0.207 e. The van der Waals surface area contributed by atoms with Gasteiger partial charge in [0, 0.05) is 9.79 Å². The fourth-order valence-electron chi connectivity index (χ4n) is 1.83. The lowest BCUT2D eigenvalue weighted by molar-refractivity contribution is 0.608. The highest BCUT2D eigenvalue weighted by molar-refractivity contribution is 8.76. The smallest absolute Gasteiger partial charge is 0.127 e. The second-order valence-corrected chi connectivity index (χ2v) is 6.66. The molecule has 106 valence electrons. The normalized spacial score (nSPS) is 10.8. The van der Waals surface area contributed by atoms with Gasteiger partial charge in [0.25, 0.3) is 0 Å². The summed E-state index contributed by atoms with van der Waals surface area (Å²) in [7, 11) is 2.88. The van der Waals surface area contributed by atoms with Gasteiger partial charge in [-0.2, -0.15) is 0 Å². The molecule has 0 atom stereocenters. The summed E-state index contributed by atoms with van der Waals surface area (Å²) in [6.07, 6.45) is 1.38. The maximum atomic E-state index is 13.7. The molecule has 0 unspecified atom stereocenters. The summed E-state index contributed by atoms with van der Waals surface area (Å²) in [5, 5.41) is 0. The molecule has 0 heterocycles. The molecule has 0 saturated carbocycles. The van der Waals surface area contributed by atoms with Crippen LogP contribution in [0.15, 0.2) is 46.2 Å². The number of hydrogen-bond donors (Lipinski definition) is 0. The fourth-order valence-corrected chi connectivity index (χ4v) is 3.77. The van der Waals surface area contributed by atoms with Crippen molar-refractivity contribution in [3.05, 3.63) is 59.2 Å². The minimum atomic E-state index is -0.175. The van der Waals surface area contributed by atoms with E-state index in [2.05, 4.69) is 0 Å². The maximum absolute atomic E-state index is 13.7. The topological polar surface area (TPSA) is 0 Å². The number of aryl methyl sites for hydroxylation is 2. The number of halogens is 2. The molecule has 0 aliphatic rings. The highest BCUT2D eigenvalue weighted by Crippen LogP contribution is 2.38. The standard InChI is InChI=1S/C16H16F2S2/c1-3-11-5-7-13(9-15(11)17)19-20-14-8-6-12(4-2)16(18)10-14/h5-10H,3-4H2,1-2H3. The Morgan fingerprint density at radius 2 is 1.15 bits per heavy atom. The zero-order chi connectivity index (χ0) is 14.5. The molecule has 2 aromatic carbocycles. The van der Waals surface area contributed by atoms with E-state index < -0.39 is 0 Å². The highest BCUT2D eigenvalue weighted by Gasteiger charge is 2.05. The fraction of sp³-hybridized carbons (Fsp3) is 0.250. The van der Waals surface area contributed by atoms with Gasteiger partial charge in [-0.3, -0.25) is 0 Å². The highest BCUT2D eigenvalue weighted by atomic mass is 33.1. The van der Waals surface area contributed by atoms with Crippen LogP contribution >= 0.6 is 21.6 Å². The third-order valence-corrected chi connectivity index (χ3v) is 5.43. The minimum absolute atomic E-state index is 0.175. The van der Waals surface area contributed by atoms with Gasteiger partial charge in [0.15, 0.2) is 0 Å². The van der Waals surface area contributed by atoms with Crippen LogP contribution in [0.25, 0.3) is 0 Å². The molecule has 0 aliphatic carbocycles. The van der Waals surface area contributed by atoms with Crippen LogP contribution in [-0.2, 0) is 12.8 Å². The molecule has 20 heavy (non-hydrogen) atoms. The molecule has 0 saturated heterocycles. The summed E-state index contributed by atoms with van der Waals surface area (Å²) in [6.45, 7) is 3.86. The predicted octanol–water partition coefficient (Wildman–Crippen LogP) is 5.89. The van der Waals surface area contributed by atoms with Crippen molar-refractivity contribution in [2.24, 2.45) is 0 Å². The first-order chi connectivity index (χ1) is 9.63. The summed E-state index contributed by atoms with van der Waals surface area (Å²) in [5.41, 5.74) is 1.44. The Morgan fingerprint density at radius 3 is 1.45 bits per heavy atom. The first kappa shape index (κ1) is 15.4. The van der Waals surface area contributed by atoms with E-state index >= 15 is 0 Å². The van der Waals surface area contributed by atoms with Gasteiger partial charge >= 0.3 is 0 Å². The van der Waals surface area contributed by atoms with Crippen molar-refractivity contribution in [1.29, 1.82) is 0 Å². The van der Waals surface area contributed by atoms with E-state index in [0.29, 0.717) is 12.8 Å². The van der Waals surface area contributed by atoms with Crippen LogP contribution in [0.2, 0.25) is 0 Å². The van der Waals surface area contributed by atoms with Crippen LogP contribution in [0.5, 0.6) is 0 Å². The Labute approximate surface area is 126 Å². The van der Waals surface area contributed by atoms with Crippen LogP contribution in [0.3, 0.4) is 0 Å². The Hall–Kier alpha value is -1.00. The molecule has 0 bridgehead atoms. The van der Waals surface area contributed by atoms with Crippen molar-refractivity contribution in [1.82, 2.24) is 0 Å². The summed E-state index contributed by atoms with van der Waals surface area (Å²) in [4.78, 5) is 1.68. The zero-order valence-corrected chi connectivity index (χ0v) is 13.1. The van der Waals surface area contributed by atoms with Crippen molar-refractivity contribution in [2.75, 3.05) is 0 Å². The third kappa shape index (κ3) is 3.76. The van der Waals surface area contributed by atoms with E-state index in [4.69, 9.17) is 0 Å². The molecule has 0 radical (unpaired) electrons. The average molecular weight is 310 g/mol. The summed E-state index contributed by atoms with van der Waals surface area (Å²) in [6, 6.07) is 10.5. The lowest BCUT2D eigenvalue weighted by Gasteiger charge is -2.05. The number of benzene rings is 2. The van der Waals surface area contributed by atoms with E-state index in [-0.39, 0.29) is 11.6 Å². The van der Waals surface area contributed by atoms with Crippen LogP contribution in [0.4, 0.5) is 8.78 Å². The van der Waals surface area contributed by atoms with Gasteiger partial charge in [-0.15, -0.1) is 0 Å². The van der Waals surface area contributed by atoms with E-state index in [9.17, 15) is 8.78 Å². The molecule has 2 rings (SSSR count). The van der Waals surface area contributed by atoms with E-state index in [1.54, 1.807) is 12.1 Å². The van der Waals surface area contributed by atoms with Crippen molar-refractivity contribution in [3.63, 3.8) is 0 Å². The monoisotopic (exact) mass is 310 g/mol. The third-order valence-electron chi connectivity index (χ3n) is 3.04. The van der Waals surface area contributed by atoms with Gasteiger partial charge in [0.2, 0.25) is 0 Å². The lowest BCUT2D eigenvalue weighted by atomic mass is 10.2. The molecular formula is C16H16F2S2. The van der Waals surface area contributed by atoms with Gasteiger partial charge in [-0.25, -0.2) is 8.78 Å². The van der Waals surface area contributed by atoms with E-state index in [1.165, 1.54) is 33.7 Å². The SMILES string of the molecule is CCc1ccc(SSc2ccc(CC)c(F)c2)cc1F. The number of rotatable bonds is 5. The molecule has 0 amide bonds. The van der Waals surface area contributed by atoms with Gasteiger partial charge in [-0.05, 0) is 48.2 Å². The zero-order valence-electron chi connectivity index (χ0n) is 11.5. The number of hydrogen-bond acceptors (Lipinski definition) is 2. The van der Waals surface area contributed by atoms with Crippen molar-refractivity contribution >= 4 is 21.6 Å². The second kappa shape index (κ2) is 7.14. The lowest BCUT2D eigenvalue weighted by Crippen LogP contribution is -1.87. The van der Waals surface area contributed by atoms with Crippen molar-refractivity contribution < 1.29 is 8.78 Å². The Bertz CT molecular complexity index is 544. The van der Waals surface area contributed by atoms with Gasteiger partial charge in [0.05, 0.1) is 0 Å². The molecule has 2 aromatic rings. The summed E-state index contributed by atoms with van der Waals surface area (Å²) >= 11 is 0. The molecule has 0 nitrogen and oxygen atoms in total. The summed E-state index contributed by atoms with van der Waals surface area (Å²) < 4.78 is 27.3. The quantitative estimate of drug-likeness (QED) is 0.632. The predicted molar refractivity (Wildman–Crippen MR) is 83.3 cm³/mol. The Morgan fingerprint density at radius 1 is 0.750 bits per heavy atom. The van der Waals surface area contributed by atoms with E-state index in [1.807, 2.05) is 26.0 Å². The van der Waals surface area contributed by atoms with Crippen molar-refractivity contribution in [3.8, 4) is 0 Å². The van der Waals surface area contributed by atoms with Gasteiger partial charge in [0.1, 0.15) is 11.6 Å². The molecule has 0 aromatic heterocycles. The summed E-state index contributed by atoms with van der Waals surface area (Å²) in [5.74, 6) is -0.351. The molecule has 4 heteroatoms. The van der Waals surface area contributed by atoms with Gasteiger partial charge < -0.3 is 0 Å². The maximum Gasteiger partial charge on any atom is 0.127 e. The largest absolute Gasteiger partial charge is 0.207 e. The van der Waals surface area contributed by atoms with Crippen LogP contribution in [0.1, 0.15) is 25.0 Å². The molecule has 0 spiro atoms. The molecular weight excluding hydrogens is 294 g/mol. The van der Waals surface area contributed by atoms with Crippen molar-refractivity contribution in [2.45, 2.75) is 36.5 Å². The Kier molecular flexibility index (Phi) is 5.49. The van der Waals surface area contributed by atoms with Crippen LogP contribution < -0.4 is 0 Å². The molecule has 0 N–H and O–H groups in total. The molecule has 0 fully saturated rings. The average Bonchev–Trinajstić information content (AvgIpc) is 2.45. The van der Waals surface area contributed by atoms with Gasteiger partial charge in [-0.1, -0.05) is 47.6 Å². The second-order valence-electron chi connectivity index (χ2n) is 4.38. The molecule has 0 aliphatic heterocycles. The first-order valence-corrected chi connectivity index (χ1v) is 8.70. The van der Waals surface area contributed by atoms with E-state index in [0.717, 1.165) is 20.9 Å². The van der Waals surface area contributed by atoms with Crippen LogP contribution in [-0.4, -0.2) is 0 Å². The first-order valence-electron chi connectivity index (χ1n) is 6.55. The Balaban J connectivity index is 2.05. The van der Waals surface area contributed by atoms with Crippen LogP contribution in [0, 0.1) is 11.6 Å².